The first kappa shape index (κ1) is 17.9. The van der Waals surface area contributed by atoms with Crippen molar-refractivity contribution in [1.82, 2.24) is 14.7 Å². The maximum Gasteiger partial charge on any atom is 0.258 e. The van der Waals surface area contributed by atoms with Crippen molar-refractivity contribution in [2.75, 3.05) is 20.8 Å². The Bertz CT molecular complexity index is 987. The van der Waals surface area contributed by atoms with Crippen molar-refractivity contribution in [2.45, 2.75) is 13.3 Å². The number of carbonyl (C=O) groups is 1. The Labute approximate surface area is 154 Å². The van der Waals surface area contributed by atoms with Gasteiger partial charge in [0.05, 0.1) is 14.2 Å². The summed E-state index contributed by atoms with van der Waals surface area (Å²) in [6.45, 7) is 2.19. The number of amides is 1. The van der Waals surface area contributed by atoms with Gasteiger partial charge in [-0.15, -0.1) is 11.3 Å². The summed E-state index contributed by atoms with van der Waals surface area (Å²) >= 11 is 1.41. The molecule has 1 N–H and O–H groups in total. The lowest BCUT2D eigenvalue weighted by Gasteiger charge is -2.09. The Morgan fingerprint density at radius 1 is 1.19 bits per heavy atom. The van der Waals surface area contributed by atoms with Crippen LogP contribution in [0.1, 0.15) is 21.7 Å². The summed E-state index contributed by atoms with van der Waals surface area (Å²) < 4.78 is 11.9. The largest absolute Gasteiger partial charge is 0.497 e. The fourth-order valence-electron chi connectivity index (χ4n) is 2.60. The second-order valence-electron chi connectivity index (χ2n) is 5.69. The van der Waals surface area contributed by atoms with Crippen LogP contribution in [0.4, 0.5) is 0 Å². The molecular weight excluding hydrogens is 354 g/mol. The van der Waals surface area contributed by atoms with Gasteiger partial charge in [-0.05, 0) is 19.1 Å². The van der Waals surface area contributed by atoms with E-state index in [0.29, 0.717) is 40.7 Å². The summed E-state index contributed by atoms with van der Waals surface area (Å²) in [5.74, 6) is 0.862. The topological polar surface area (TPSA) is 81.9 Å². The molecule has 136 valence electrons. The molecule has 3 rings (SSSR count). The molecule has 0 unspecified atom stereocenters. The number of benzene rings is 1. The van der Waals surface area contributed by atoms with Gasteiger partial charge in [-0.3, -0.25) is 14.0 Å². The average Bonchev–Trinajstić information content (AvgIpc) is 3.04. The van der Waals surface area contributed by atoms with Crippen LogP contribution in [0.2, 0.25) is 0 Å². The van der Waals surface area contributed by atoms with Gasteiger partial charge in [-0.1, -0.05) is 0 Å². The molecule has 7 nitrogen and oxygen atoms in total. The van der Waals surface area contributed by atoms with Crippen molar-refractivity contribution >= 4 is 22.2 Å². The number of thiazole rings is 1. The van der Waals surface area contributed by atoms with Crippen molar-refractivity contribution in [2.24, 2.45) is 0 Å². The standard InChI is InChI=1S/C18H19N3O4S/c1-11-6-16(22)21-13(10-26-18(21)20-11)4-5-19-17(23)12-7-14(24-2)9-15(8-12)25-3/h6-10H,4-5H2,1-3H3,(H,19,23). The van der Waals surface area contributed by atoms with Crippen molar-refractivity contribution in [3.8, 4) is 11.5 Å². The number of carbonyl (C=O) groups excluding carboxylic acids is 1. The van der Waals surface area contributed by atoms with Crippen LogP contribution in [0, 0.1) is 6.92 Å². The molecule has 1 aromatic carbocycles. The van der Waals surface area contributed by atoms with Crippen LogP contribution in [0.5, 0.6) is 11.5 Å². The zero-order valence-electron chi connectivity index (χ0n) is 14.7. The van der Waals surface area contributed by atoms with Crippen LogP contribution < -0.4 is 20.3 Å². The number of ether oxygens (including phenoxy) is 2. The molecule has 0 saturated heterocycles. The van der Waals surface area contributed by atoms with Crippen molar-refractivity contribution in [3.63, 3.8) is 0 Å². The van der Waals surface area contributed by atoms with Crippen molar-refractivity contribution in [1.29, 1.82) is 0 Å². The number of nitrogens with zero attached hydrogens (tertiary/aromatic N) is 2. The van der Waals surface area contributed by atoms with E-state index in [2.05, 4.69) is 10.3 Å². The smallest absolute Gasteiger partial charge is 0.258 e. The van der Waals surface area contributed by atoms with E-state index in [1.54, 1.807) is 29.5 Å². The molecule has 3 aromatic rings. The second kappa shape index (κ2) is 7.57. The highest BCUT2D eigenvalue weighted by Crippen LogP contribution is 2.22. The van der Waals surface area contributed by atoms with Crippen LogP contribution in [0.25, 0.3) is 4.96 Å². The third kappa shape index (κ3) is 3.70. The van der Waals surface area contributed by atoms with Crippen LogP contribution in [0.15, 0.2) is 34.4 Å². The summed E-state index contributed by atoms with van der Waals surface area (Å²) in [6, 6.07) is 6.50. The van der Waals surface area contributed by atoms with E-state index in [9.17, 15) is 9.59 Å². The second-order valence-corrected chi connectivity index (χ2v) is 6.52. The summed E-state index contributed by atoms with van der Waals surface area (Å²) in [6.07, 6.45) is 0.525. The monoisotopic (exact) mass is 373 g/mol. The van der Waals surface area contributed by atoms with Gasteiger partial charge < -0.3 is 14.8 Å². The maximum absolute atomic E-state index is 12.4. The highest BCUT2D eigenvalue weighted by atomic mass is 32.1. The number of aryl methyl sites for hydroxylation is 1. The molecule has 2 heterocycles. The van der Waals surface area contributed by atoms with Gasteiger partial charge in [0, 0.05) is 47.4 Å². The maximum atomic E-state index is 12.4. The van der Waals surface area contributed by atoms with E-state index in [0.717, 1.165) is 5.69 Å². The lowest BCUT2D eigenvalue weighted by atomic mass is 10.2. The lowest BCUT2D eigenvalue weighted by Crippen LogP contribution is -2.27. The summed E-state index contributed by atoms with van der Waals surface area (Å²) in [4.78, 5) is 29.6. The average molecular weight is 373 g/mol. The first-order valence-electron chi connectivity index (χ1n) is 8.00. The molecule has 0 aliphatic rings. The van der Waals surface area contributed by atoms with E-state index in [-0.39, 0.29) is 11.5 Å². The van der Waals surface area contributed by atoms with Gasteiger partial charge >= 0.3 is 0 Å². The highest BCUT2D eigenvalue weighted by molar-refractivity contribution is 7.15. The molecule has 0 radical (unpaired) electrons. The normalized spacial score (nSPS) is 10.7. The first-order chi connectivity index (χ1) is 12.5. The van der Waals surface area contributed by atoms with Crippen LogP contribution in [-0.2, 0) is 6.42 Å². The molecule has 0 aliphatic heterocycles. The number of aromatic nitrogens is 2. The van der Waals surface area contributed by atoms with Gasteiger partial charge in [-0.2, -0.15) is 0 Å². The van der Waals surface area contributed by atoms with Crippen molar-refractivity contribution < 1.29 is 14.3 Å². The number of rotatable bonds is 6. The zero-order chi connectivity index (χ0) is 18.7. The molecule has 2 aromatic heterocycles. The lowest BCUT2D eigenvalue weighted by molar-refractivity contribution is 0.0953. The van der Waals surface area contributed by atoms with Crippen LogP contribution in [-0.4, -0.2) is 36.1 Å². The van der Waals surface area contributed by atoms with Gasteiger partial charge in [0.25, 0.3) is 11.5 Å². The SMILES string of the molecule is COc1cc(OC)cc(C(=O)NCCc2csc3nc(C)cc(=O)n23)c1. The predicted molar refractivity (Wildman–Crippen MR) is 99.7 cm³/mol. The minimum absolute atomic E-state index is 0.104. The van der Waals surface area contributed by atoms with Gasteiger partial charge in [-0.25, -0.2) is 4.98 Å². The molecule has 0 fully saturated rings. The van der Waals surface area contributed by atoms with Crippen LogP contribution >= 0.6 is 11.3 Å². The van der Waals surface area contributed by atoms with Crippen LogP contribution in [0.3, 0.4) is 0 Å². The molecule has 0 saturated carbocycles. The van der Waals surface area contributed by atoms with E-state index >= 15 is 0 Å². The quantitative estimate of drug-likeness (QED) is 0.715. The number of fused-ring (bicyclic) bond motifs is 1. The van der Waals surface area contributed by atoms with Crippen molar-refractivity contribution in [3.05, 3.63) is 57.0 Å². The molecule has 26 heavy (non-hydrogen) atoms. The predicted octanol–water partition coefficient (Wildman–Crippen LogP) is 2.05. The Morgan fingerprint density at radius 2 is 1.88 bits per heavy atom. The summed E-state index contributed by atoms with van der Waals surface area (Å²) in [5.41, 5.74) is 1.87. The number of nitrogens with one attached hydrogen (secondary N) is 1. The van der Waals surface area contributed by atoms with Gasteiger partial charge in [0.1, 0.15) is 11.5 Å². The third-order valence-corrected chi connectivity index (χ3v) is 4.76. The van der Waals surface area contributed by atoms with E-state index < -0.39 is 0 Å². The van der Waals surface area contributed by atoms with Gasteiger partial charge in [0.2, 0.25) is 0 Å². The molecule has 0 bridgehead atoms. The van der Waals surface area contributed by atoms with E-state index in [4.69, 9.17) is 9.47 Å². The molecule has 0 spiro atoms. The fraction of sp³-hybridized carbons (Fsp3) is 0.278. The Balaban J connectivity index is 1.71. The number of hydrogen-bond acceptors (Lipinski definition) is 6. The van der Waals surface area contributed by atoms with E-state index in [1.165, 1.54) is 31.6 Å². The number of methoxy groups -OCH3 is 2. The summed E-state index contributed by atoms with van der Waals surface area (Å²) in [5, 5.41) is 4.75. The molecular formula is C18H19N3O4S. The molecule has 0 aliphatic carbocycles. The fourth-order valence-corrected chi connectivity index (χ4v) is 3.58. The zero-order valence-corrected chi connectivity index (χ0v) is 15.6. The minimum atomic E-state index is -0.233. The van der Waals surface area contributed by atoms with Gasteiger partial charge in [0.15, 0.2) is 4.96 Å². The Morgan fingerprint density at radius 3 is 2.54 bits per heavy atom. The first-order valence-corrected chi connectivity index (χ1v) is 8.88. The molecule has 1 amide bonds. The molecule has 0 atom stereocenters. The minimum Gasteiger partial charge on any atom is -0.497 e. The molecule has 8 heteroatoms. The Kier molecular flexibility index (Phi) is 5.22. The van der Waals surface area contributed by atoms with E-state index in [1.807, 2.05) is 5.38 Å². The summed E-state index contributed by atoms with van der Waals surface area (Å²) in [7, 11) is 3.07. The highest BCUT2D eigenvalue weighted by Gasteiger charge is 2.11. The Hall–Kier alpha value is -2.87. The third-order valence-electron chi connectivity index (χ3n) is 3.88. The number of hydrogen-bond donors (Lipinski definition) is 1.